The highest BCUT2D eigenvalue weighted by Gasteiger charge is 2.22. The molecule has 0 unspecified atom stereocenters. The molecule has 1 aromatic carbocycles. The van der Waals surface area contributed by atoms with Gasteiger partial charge in [0.05, 0.1) is 11.4 Å². The highest BCUT2D eigenvalue weighted by Crippen LogP contribution is 2.34. The molecule has 2 aromatic heterocycles. The largest absolute Gasteiger partial charge is 0.289 e. The Labute approximate surface area is 120 Å². The lowest BCUT2D eigenvalue weighted by molar-refractivity contribution is 0.411. The summed E-state index contributed by atoms with van der Waals surface area (Å²) < 4.78 is 14.4. The molecule has 0 spiro atoms. The zero-order chi connectivity index (χ0) is 14.4. The van der Waals surface area contributed by atoms with Gasteiger partial charge in [0.1, 0.15) is 5.82 Å². The van der Waals surface area contributed by atoms with Gasteiger partial charge in [-0.3, -0.25) is 9.89 Å². The van der Waals surface area contributed by atoms with Gasteiger partial charge in [0, 0.05) is 18.1 Å². The molecule has 1 aliphatic rings. The Morgan fingerprint density at radius 3 is 2.62 bits per heavy atom. The number of H-pyrrole nitrogens is 1. The predicted octanol–water partition coefficient (Wildman–Crippen LogP) is 3.10. The topological polar surface area (TPSA) is 50.2 Å². The minimum atomic E-state index is -0.280. The predicted molar refractivity (Wildman–Crippen MR) is 77.8 cm³/mol. The van der Waals surface area contributed by atoms with Gasteiger partial charge in [0.2, 0.25) is 0 Å². The van der Waals surface area contributed by atoms with Crippen LogP contribution in [0.4, 0.5) is 4.39 Å². The van der Waals surface area contributed by atoms with E-state index in [9.17, 15) is 9.18 Å². The van der Waals surface area contributed by atoms with Crippen LogP contribution in [-0.4, -0.2) is 14.6 Å². The molecule has 5 heteroatoms. The van der Waals surface area contributed by atoms with Crippen LogP contribution in [0.15, 0.2) is 41.2 Å². The molecule has 0 radical (unpaired) electrons. The standard InChI is InChI=1S/C16H14FN3O/c17-12-6-4-11(5-7-12)14-8-15-18-13(10-2-1-3-10)9-16(21)20(15)19-14/h4-10,19H,1-3H2. The molecule has 0 bridgehead atoms. The molecule has 1 N–H and O–H groups in total. The number of fused-ring (bicyclic) bond motifs is 1. The van der Waals surface area contributed by atoms with Crippen LogP contribution in [-0.2, 0) is 0 Å². The zero-order valence-corrected chi connectivity index (χ0v) is 11.3. The summed E-state index contributed by atoms with van der Waals surface area (Å²) in [6, 6.07) is 9.60. The number of nitrogens with zero attached hydrogens (tertiary/aromatic N) is 2. The Morgan fingerprint density at radius 1 is 1.19 bits per heavy atom. The van der Waals surface area contributed by atoms with E-state index in [1.807, 2.05) is 6.07 Å². The monoisotopic (exact) mass is 283 g/mol. The van der Waals surface area contributed by atoms with Gasteiger partial charge in [-0.2, -0.15) is 0 Å². The number of halogens is 1. The van der Waals surface area contributed by atoms with Crippen LogP contribution in [0.1, 0.15) is 30.9 Å². The van der Waals surface area contributed by atoms with Crippen LogP contribution in [0.25, 0.3) is 16.9 Å². The van der Waals surface area contributed by atoms with Crippen molar-refractivity contribution < 1.29 is 4.39 Å². The molecule has 1 aliphatic carbocycles. The summed E-state index contributed by atoms with van der Waals surface area (Å²) in [6.07, 6.45) is 3.43. The van der Waals surface area contributed by atoms with Gasteiger partial charge in [-0.25, -0.2) is 13.9 Å². The lowest BCUT2D eigenvalue weighted by atomic mass is 9.83. The molecule has 0 atom stereocenters. The van der Waals surface area contributed by atoms with Crippen molar-refractivity contribution in [3.8, 4) is 11.3 Å². The summed E-state index contributed by atoms with van der Waals surface area (Å²) in [7, 11) is 0. The summed E-state index contributed by atoms with van der Waals surface area (Å²) in [6.45, 7) is 0. The smallest absolute Gasteiger partial charge is 0.272 e. The lowest BCUT2D eigenvalue weighted by Crippen LogP contribution is -2.19. The molecule has 1 saturated carbocycles. The number of aromatic amines is 1. The molecule has 3 aromatic rings. The van der Waals surface area contributed by atoms with E-state index < -0.39 is 0 Å². The summed E-state index contributed by atoms with van der Waals surface area (Å²) >= 11 is 0. The van der Waals surface area contributed by atoms with E-state index >= 15 is 0 Å². The Hall–Kier alpha value is -2.43. The van der Waals surface area contributed by atoms with Crippen LogP contribution in [0.2, 0.25) is 0 Å². The molecule has 1 fully saturated rings. The third-order valence-electron chi connectivity index (χ3n) is 4.15. The molecule has 0 amide bonds. The Bertz CT molecular complexity index is 859. The summed E-state index contributed by atoms with van der Waals surface area (Å²) in [5.41, 5.74) is 2.98. The van der Waals surface area contributed by atoms with Crippen molar-refractivity contribution >= 4 is 5.65 Å². The van der Waals surface area contributed by atoms with Crippen molar-refractivity contribution in [3.05, 3.63) is 58.3 Å². The molecule has 0 saturated heterocycles. The van der Waals surface area contributed by atoms with Gasteiger partial charge in [-0.1, -0.05) is 6.42 Å². The molecular formula is C16H14FN3O. The minimum Gasteiger partial charge on any atom is -0.289 e. The van der Waals surface area contributed by atoms with E-state index in [-0.39, 0.29) is 11.4 Å². The number of nitrogens with one attached hydrogen (secondary N) is 1. The Morgan fingerprint density at radius 2 is 1.95 bits per heavy atom. The van der Waals surface area contributed by atoms with E-state index in [2.05, 4.69) is 10.1 Å². The molecular weight excluding hydrogens is 269 g/mol. The average molecular weight is 283 g/mol. The first-order valence-corrected chi connectivity index (χ1v) is 7.09. The fourth-order valence-electron chi connectivity index (χ4n) is 2.70. The summed E-state index contributed by atoms with van der Waals surface area (Å²) in [4.78, 5) is 16.8. The second-order valence-electron chi connectivity index (χ2n) is 5.52. The highest BCUT2D eigenvalue weighted by molar-refractivity contribution is 5.63. The van der Waals surface area contributed by atoms with Crippen molar-refractivity contribution in [2.45, 2.75) is 25.2 Å². The first-order valence-electron chi connectivity index (χ1n) is 7.09. The van der Waals surface area contributed by atoms with Gasteiger partial charge < -0.3 is 0 Å². The van der Waals surface area contributed by atoms with E-state index in [0.717, 1.165) is 29.8 Å². The SMILES string of the molecule is O=c1cc(C2CCC2)nc2cc(-c3ccc(F)cc3)[nH]n12. The number of hydrogen-bond donors (Lipinski definition) is 1. The molecule has 4 nitrogen and oxygen atoms in total. The average Bonchev–Trinajstić information content (AvgIpc) is 2.82. The first kappa shape index (κ1) is 12.3. The van der Waals surface area contributed by atoms with Crippen molar-refractivity contribution in [2.75, 3.05) is 0 Å². The molecule has 4 rings (SSSR count). The second kappa shape index (κ2) is 4.55. The van der Waals surface area contributed by atoms with Crippen LogP contribution in [0.3, 0.4) is 0 Å². The van der Waals surface area contributed by atoms with Gasteiger partial charge in [-0.15, -0.1) is 0 Å². The van der Waals surface area contributed by atoms with Gasteiger partial charge in [-0.05, 0) is 42.7 Å². The van der Waals surface area contributed by atoms with Crippen molar-refractivity contribution in [2.24, 2.45) is 0 Å². The molecule has 106 valence electrons. The highest BCUT2D eigenvalue weighted by atomic mass is 19.1. The van der Waals surface area contributed by atoms with Crippen molar-refractivity contribution in [3.63, 3.8) is 0 Å². The lowest BCUT2D eigenvalue weighted by Gasteiger charge is -2.24. The maximum Gasteiger partial charge on any atom is 0.272 e. The van der Waals surface area contributed by atoms with Crippen molar-refractivity contribution in [1.29, 1.82) is 0 Å². The van der Waals surface area contributed by atoms with Crippen LogP contribution in [0, 0.1) is 5.82 Å². The van der Waals surface area contributed by atoms with Gasteiger partial charge in [0.25, 0.3) is 5.56 Å². The normalized spacial score (nSPS) is 15.3. The fraction of sp³-hybridized carbons (Fsp3) is 0.250. The minimum absolute atomic E-state index is 0.102. The van der Waals surface area contributed by atoms with Gasteiger partial charge in [0.15, 0.2) is 5.65 Å². The van der Waals surface area contributed by atoms with E-state index in [4.69, 9.17) is 0 Å². The van der Waals surface area contributed by atoms with Crippen molar-refractivity contribution in [1.82, 2.24) is 14.6 Å². The first-order chi connectivity index (χ1) is 10.2. The molecule has 21 heavy (non-hydrogen) atoms. The molecule has 2 heterocycles. The van der Waals surface area contributed by atoms with E-state index in [1.165, 1.54) is 23.1 Å². The zero-order valence-electron chi connectivity index (χ0n) is 11.3. The number of hydrogen-bond acceptors (Lipinski definition) is 2. The van der Waals surface area contributed by atoms with Crippen LogP contribution in [0.5, 0.6) is 0 Å². The summed E-state index contributed by atoms with van der Waals surface area (Å²) in [5, 5.41) is 3.02. The number of rotatable bonds is 2. The third-order valence-corrected chi connectivity index (χ3v) is 4.15. The quantitative estimate of drug-likeness (QED) is 0.785. The molecule has 0 aliphatic heterocycles. The Balaban J connectivity index is 1.83. The van der Waals surface area contributed by atoms with Crippen LogP contribution < -0.4 is 5.56 Å². The number of aromatic nitrogens is 3. The fourth-order valence-corrected chi connectivity index (χ4v) is 2.70. The van der Waals surface area contributed by atoms with E-state index in [0.29, 0.717) is 11.6 Å². The summed E-state index contributed by atoms with van der Waals surface area (Å²) in [5.74, 6) is 0.143. The Kier molecular flexibility index (Phi) is 2.67. The van der Waals surface area contributed by atoms with Gasteiger partial charge >= 0.3 is 0 Å². The van der Waals surface area contributed by atoms with Crippen LogP contribution >= 0.6 is 0 Å². The second-order valence-corrected chi connectivity index (χ2v) is 5.52. The third kappa shape index (κ3) is 2.05. The number of benzene rings is 1. The maximum atomic E-state index is 13.0. The van der Waals surface area contributed by atoms with E-state index in [1.54, 1.807) is 18.2 Å². The maximum absolute atomic E-state index is 13.0.